The van der Waals surface area contributed by atoms with E-state index in [9.17, 15) is 9.18 Å². The second kappa shape index (κ2) is 7.99. The van der Waals surface area contributed by atoms with Crippen molar-refractivity contribution in [3.63, 3.8) is 0 Å². The van der Waals surface area contributed by atoms with E-state index in [1.807, 2.05) is 6.07 Å². The molecule has 0 bridgehead atoms. The lowest BCUT2D eigenvalue weighted by molar-refractivity contribution is 0.0954. The van der Waals surface area contributed by atoms with E-state index < -0.39 is 0 Å². The van der Waals surface area contributed by atoms with Crippen LogP contribution in [0.15, 0.2) is 36.4 Å². The van der Waals surface area contributed by atoms with Gasteiger partial charge >= 0.3 is 0 Å². The second-order valence-electron chi connectivity index (χ2n) is 5.00. The average Bonchev–Trinajstić information content (AvgIpc) is 2.51. The average molecular weight is 308 g/mol. The maximum atomic E-state index is 13.7. The minimum atomic E-state index is -0.303. The van der Waals surface area contributed by atoms with Gasteiger partial charge in [0.15, 0.2) is 0 Å². The number of rotatable bonds is 7. The van der Waals surface area contributed by atoms with Gasteiger partial charge in [-0.2, -0.15) is 0 Å². The second-order valence-corrected chi connectivity index (χ2v) is 5.38. The lowest BCUT2D eigenvalue weighted by Gasteiger charge is -2.08. The molecule has 2 aromatic carbocycles. The maximum Gasteiger partial charge on any atom is 0.251 e. The fourth-order valence-electron chi connectivity index (χ4n) is 2.33. The topological polar surface area (TPSA) is 29.1 Å². The first-order chi connectivity index (χ1) is 10.2. The number of unbranched alkanes of at least 4 members (excludes halogenated alkanes) is 3. The highest BCUT2D eigenvalue weighted by atomic mass is 35.5. The molecule has 0 spiro atoms. The third-order valence-electron chi connectivity index (χ3n) is 3.46. The van der Waals surface area contributed by atoms with Gasteiger partial charge in [0.1, 0.15) is 5.82 Å². The lowest BCUT2D eigenvalue weighted by Crippen LogP contribution is -2.24. The number of halogens is 2. The van der Waals surface area contributed by atoms with Gasteiger partial charge in [-0.25, -0.2) is 4.39 Å². The van der Waals surface area contributed by atoms with Crippen molar-refractivity contribution in [1.29, 1.82) is 0 Å². The zero-order valence-electron chi connectivity index (χ0n) is 11.9. The summed E-state index contributed by atoms with van der Waals surface area (Å²) < 4.78 is 13.7. The third-order valence-corrected chi connectivity index (χ3v) is 3.73. The molecule has 0 atom stereocenters. The summed E-state index contributed by atoms with van der Waals surface area (Å²) >= 11 is 5.61. The zero-order valence-corrected chi connectivity index (χ0v) is 12.6. The molecule has 2 rings (SSSR count). The number of hydrogen-bond donors (Lipinski definition) is 1. The first-order valence-electron chi connectivity index (χ1n) is 7.25. The summed E-state index contributed by atoms with van der Waals surface area (Å²) in [5.41, 5.74) is 0.521. The van der Waals surface area contributed by atoms with Gasteiger partial charge in [-0.1, -0.05) is 37.1 Å². The van der Waals surface area contributed by atoms with Crippen LogP contribution in [0.4, 0.5) is 4.39 Å². The molecule has 0 heterocycles. The summed E-state index contributed by atoms with van der Waals surface area (Å²) in [6.07, 6.45) is 4.08. The SMILES string of the molecule is O=C(NCCCCCCCl)c1ccc(F)c2ccccc12. The zero-order chi connectivity index (χ0) is 15.1. The lowest BCUT2D eigenvalue weighted by atomic mass is 10.0. The summed E-state index contributed by atoms with van der Waals surface area (Å²) in [7, 11) is 0. The van der Waals surface area contributed by atoms with Crippen LogP contribution < -0.4 is 5.32 Å². The highest BCUT2D eigenvalue weighted by molar-refractivity contribution is 6.17. The van der Waals surface area contributed by atoms with Crippen molar-refractivity contribution in [2.75, 3.05) is 12.4 Å². The Kier molecular flexibility index (Phi) is 6.00. The number of carbonyl (C=O) groups excluding carboxylic acids is 1. The van der Waals surface area contributed by atoms with Gasteiger partial charge in [0.25, 0.3) is 5.91 Å². The van der Waals surface area contributed by atoms with E-state index in [0.717, 1.165) is 25.7 Å². The molecule has 1 N–H and O–H groups in total. The standard InChI is InChI=1S/C17H19ClFNO/c18-11-5-1-2-6-12-20-17(21)15-9-10-16(19)14-8-4-3-7-13(14)15/h3-4,7-10H,1-2,5-6,11-12H2,(H,20,21). The fraction of sp³-hybridized carbons (Fsp3) is 0.353. The van der Waals surface area contributed by atoms with Crippen molar-refractivity contribution in [2.24, 2.45) is 0 Å². The van der Waals surface area contributed by atoms with Crippen molar-refractivity contribution >= 4 is 28.3 Å². The van der Waals surface area contributed by atoms with Crippen LogP contribution in [0, 0.1) is 5.82 Å². The van der Waals surface area contributed by atoms with Gasteiger partial charge in [-0.3, -0.25) is 4.79 Å². The summed E-state index contributed by atoms with van der Waals surface area (Å²) in [6.45, 7) is 0.632. The Balaban J connectivity index is 1.98. The van der Waals surface area contributed by atoms with Crippen LogP contribution in [0.1, 0.15) is 36.0 Å². The fourth-order valence-corrected chi connectivity index (χ4v) is 2.52. The molecule has 21 heavy (non-hydrogen) atoms. The molecule has 0 unspecified atom stereocenters. The van der Waals surface area contributed by atoms with Gasteiger partial charge in [-0.15, -0.1) is 11.6 Å². The van der Waals surface area contributed by atoms with E-state index in [-0.39, 0.29) is 11.7 Å². The minimum Gasteiger partial charge on any atom is -0.352 e. The molecule has 0 fully saturated rings. The first kappa shape index (κ1) is 15.8. The monoisotopic (exact) mass is 307 g/mol. The van der Waals surface area contributed by atoms with E-state index in [2.05, 4.69) is 5.32 Å². The van der Waals surface area contributed by atoms with Crippen LogP contribution >= 0.6 is 11.6 Å². The van der Waals surface area contributed by atoms with Crippen molar-refractivity contribution in [2.45, 2.75) is 25.7 Å². The molecule has 0 aliphatic carbocycles. The normalized spacial score (nSPS) is 10.8. The Bertz CT molecular complexity index is 615. The van der Waals surface area contributed by atoms with E-state index in [1.54, 1.807) is 24.3 Å². The van der Waals surface area contributed by atoms with Gasteiger partial charge in [0, 0.05) is 23.4 Å². The van der Waals surface area contributed by atoms with Gasteiger partial charge < -0.3 is 5.32 Å². The van der Waals surface area contributed by atoms with E-state index in [0.29, 0.717) is 28.8 Å². The molecule has 0 saturated heterocycles. The Morgan fingerprint density at radius 1 is 1.00 bits per heavy atom. The Morgan fingerprint density at radius 3 is 2.48 bits per heavy atom. The van der Waals surface area contributed by atoms with Gasteiger partial charge in [-0.05, 0) is 30.4 Å². The molecule has 4 heteroatoms. The summed E-state index contributed by atoms with van der Waals surface area (Å²) in [5, 5.41) is 4.02. The molecule has 0 radical (unpaired) electrons. The van der Waals surface area contributed by atoms with Crippen molar-refractivity contribution in [3.05, 3.63) is 47.8 Å². The van der Waals surface area contributed by atoms with E-state index in [4.69, 9.17) is 11.6 Å². The number of nitrogens with one attached hydrogen (secondary N) is 1. The summed E-state index contributed by atoms with van der Waals surface area (Å²) in [5.74, 6) is 0.236. The molecule has 0 saturated carbocycles. The highest BCUT2D eigenvalue weighted by Gasteiger charge is 2.11. The number of hydrogen-bond acceptors (Lipinski definition) is 1. The van der Waals surface area contributed by atoms with Crippen molar-refractivity contribution < 1.29 is 9.18 Å². The molecule has 2 nitrogen and oxygen atoms in total. The van der Waals surface area contributed by atoms with Gasteiger partial charge in [0.2, 0.25) is 0 Å². The number of benzene rings is 2. The van der Waals surface area contributed by atoms with Crippen molar-refractivity contribution in [3.8, 4) is 0 Å². The predicted octanol–water partition coefficient (Wildman–Crippen LogP) is 4.51. The Labute approximate surface area is 129 Å². The van der Waals surface area contributed by atoms with Crippen LogP contribution in [0.5, 0.6) is 0 Å². The van der Waals surface area contributed by atoms with Crippen LogP contribution in [-0.2, 0) is 0 Å². The van der Waals surface area contributed by atoms with E-state index in [1.165, 1.54) is 6.07 Å². The predicted molar refractivity (Wildman–Crippen MR) is 85.4 cm³/mol. The molecule has 2 aromatic rings. The number of amides is 1. The summed E-state index contributed by atoms with van der Waals surface area (Å²) in [6, 6.07) is 9.92. The summed E-state index contributed by atoms with van der Waals surface area (Å²) in [4.78, 5) is 12.2. The molecule has 0 aliphatic heterocycles. The quantitative estimate of drug-likeness (QED) is 0.592. The van der Waals surface area contributed by atoms with Gasteiger partial charge in [0.05, 0.1) is 0 Å². The molecular weight excluding hydrogens is 289 g/mol. The highest BCUT2D eigenvalue weighted by Crippen LogP contribution is 2.21. The minimum absolute atomic E-state index is 0.149. The third kappa shape index (κ3) is 4.18. The number of carbonyl (C=O) groups is 1. The molecule has 112 valence electrons. The number of alkyl halides is 1. The Morgan fingerprint density at radius 2 is 1.71 bits per heavy atom. The maximum absolute atomic E-state index is 13.7. The first-order valence-corrected chi connectivity index (χ1v) is 7.79. The van der Waals surface area contributed by atoms with Crippen molar-refractivity contribution in [1.82, 2.24) is 5.32 Å². The van der Waals surface area contributed by atoms with Crippen LogP contribution in [-0.4, -0.2) is 18.3 Å². The van der Waals surface area contributed by atoms with E-state index >= 15 is 0 Å². The Hall–Kier alpha value is -1.61. The van der Waals surface area contributed by atoms with Crippen LogP contribution in [0.3, 0.4) is 0 Å². The molecule has 1 amide bonds. The largest absolute Gasteiger partial charge is 0.352 e. The van der Waals surface area contributed by atoms with Crippen LogP contribution in [0.25, 0.3) is 10.8 Å². The number of fused-ring (bicyclic) bond motifs is 1. The molecular formula is C17H19ClFNO. The smallest absolute Gasteiger partial charge is 0.251 e. The van der Waals surface area contributed by atoms with Crippen LogP contribution in [0.2, 0.25) is 0 Å². The molecule has 0 aliphatic rings. The molecule has 0 aromatic heterocycles.